The Bertz CT molecular complexity index is 587. The molecule has 0 aliphatic rings. The molecule has 0 saturated carbocycles. The topological polar surface area (TPSA) is 63.8 Å². The van der Waals surface area contributed by atoms with Gasteiger partial charge in [-0.15, -0.1) is 0 Å². The van der Waals surface area contributed by atoms with Gasteiger partial charge in [-0.1, -0.05) is 0 Å². The summed E-state index contributed by atoms with van der Waals surface area (Å²) in [5, 5.41) is 3.02. The maximum Gasteiger partial charge on any atom is 0.0895 e. The number of nitrogens with one attached hydrogen (secondary N) is 1. The Morgan fingerprint density at radius 3 is 2.83 bits per heavy atom. The molecule has 94 valence electrons. The zero-order valence-electron chi connectivity index (χ0n) is 10.9. The Kier molecular flexibility index (Phi) is 3.58. The van der Waals surface area contributed by atoms with E-state index in [1.165, 1.54) is 0 Å². The lowest BCUT2D eigenvalue weighted by Crippen LogP contribution is -2.18. The van der Waals surface area contributed by atoms with Crippen molar-refractivity contribution >= 4 is 16.6 Å². The van der Waals surface area contributed by atoms with Crippen LogP contribution in [0.1, 0.15) is 18.2 Å². The second-order valence-corrected chi connectivity index (χ2v) is 4.39. The molecule has 2 rings (SSSR count). The zero-order valence-corrected chi connectivity index (χ0v) is 10.9. The zero-order chi connectivity index (χ0) is 13.1. The number of hydrogen-bond acceptors (Lipinski definition) is 4. The molecule has 0 saturated heterocycles. The van der Waals surface area contributed by atoms with Gasteiger partial charge in [0.25, 0.3) is 0 Å². The van der Waals surface area contributed by atoms with Crippen LogP contribution in [0.3, 0.4) is 0 Å². The lowest BCUT2D eigenvalue weighted by atomic mass is 10.0. The van der Waals surface area contributed by atoms with Gasteiger partial charge in [-0.2, -0.15) is 0 Å². The average molecular weight is 242 g/mol. The van der Waals surface area contributed by atoms with Crippen LogP contribution in [0, 0.1) is 6.92 Å². The van der Waals surface area contributed by atoms with Gasteiger partial charge < -0.3 is 11.1 Å². The molecule has 3 N–H and O–H groups in total. The number of rotatable bonds is 3. The summed E-state index contributed by atoms with van der Waals surface area (Å²) in [6, 6.07) is 5.92. The van der Waals surface area contributed by atoms with Crippen molar-refractivity contribution in [3.05, 3.63) is 41.9 Å². The van der Waals surface area contributed by atoms with Gasteiger partial charge in [0, 0.05) is 36.7 Å². The first-order chi connectivity index (χ1) is 8.61. The monoisotopic (exact) mass is 242 g/mol. The van der Waals surface area contributed by atoms with Crippen LogP contribution in [0.5, 0.6) is 0 Å². The Labute approximate surface area is 107 Å². The minimum Gasteiger partial charge on any atom is -0.394 e. The van der Waals surface area contributed by atoms with Crippen LogP contribution in [0.4, 0.5) is 0 Å². The van der Waals surface area contributed by atoms with E-state index in [2.05, 4.69) is 15.3 Å². The lowest BCUT2D eigenvalue weighted by molar-refractivity contribution is 0.930. The van der Waals surface area contributed by atoms with E-state index < -0.39 is 0 Å². The van der Waals surface area contributed by atoms with Crippen molar-refractivity contribution in [2.45, 2.75) is 19.9 Å². The fourth-order valence-electron chi connectivity index (χ4n) is 1.90. The molecule has 0 aliphatic heterocycles. The van der Waals surface area contributed by atoms with Crippen LogP contribution >= 0.6 is 0 Å². The standard InChI is InChI=1S/C14H18N4/c1-9-4-5-13-14(18-9)6-11(7-17-13)12(8-16-3)10(2)15/h4-8,10,16H,15H2,1-3H3/b12-8+. The Hall–Kier alpha value is -1.94. The summed E-state index contributed by atoms with van der Waals surface area (Å²) in [4.78, 5) is 8.91. The van der Waals surface area contributed by atoms with Gasteiger partial charge in [0.2, 0.25) is 0 Å². The number of hydrogen-bond donors (Lipinski definition) is 2. The molecular weight excluding hydrogens is 224 g/mol. The SMILES string of the molecule is CN/C=C(/c1cnc2ccc(C)nc2c1)C(C)N. The largest absolute Gasteiger partial charge is 0.394 e. The Morgan fingerprint density at radius 2 is 2.17 bits per heavy atom. The van der Waals surface area contributed by atoms with Gasteiger partial charge in [0.05, 0.1) is 11.0 Å². The summed E-state index contributed by atoms with van der Waals surface area (Å²) in [5.41, 5.74) is 10.8. The quantitative estimate of drug-likeness (QED) is 0.862. The molecule has 2 heterocycles. The van der Waals surface area contributed by atoms with Crippen LogP contribution < -0.4 is 11.1 Å². The highest BCUT2D eigenvalue weighted by atomic mass is 14.8. The first-order valence-electron chi connectivity index (χ1n) is 5.98. The molecule has 1 unspecified atom stereocenters. The maximum absolute atomic E-state index is 5.97. The molecule has 0 aromatic carbocycles. The van der Waals surface area contributed by atoms with E-state index in [4.69, 9.17) is 5.73 Å². The molecule has 0 aliphatic carbocycles. The molecule has 0 radical (unpaired) electrons. The fourth-order valence-corrected chi connectivity index (χ4v) is 1.90. The number of aromatic nitrogens is 2. The predicted octanol–water partition coefficient (Wildman–Crippen LogP) is 1.85. The Morgan fingerprint density at radius 1 is 1.39 bits per heavy atom. The molecule has 1 atom stereocenters. The van der Waals surface area contributed by atoms with E-state index in [0.29, 0.717) is 0 Å². The van der Waals surface area contributed by atoms with E-state index >= 15 is 0 Å². The van der Waals surface area contributed by atoms with Crippen molar-refractivity contribution in [3.63, 3.8) is 0 Å². The summed E-state index contributed by atoms with van der Waals surface area (Å²) in [5.74, 6) is 0. The molecule has 4 heteroatoms. The molecule has 2 aromatic heterocycles. The van der Waals surface area contributed by atoms with E-state index in [9.17, 15) is 0 Å². The maximum atomic E-state index is 5.97. The van der Waals surface area contributed by atoms with Gasteiger partial charge >= 0.3 is 0 Å². The van der Waals surface area contributed by atoms with Crippen molar-refractivity contribution in [1.82, 2.24) is 15.3 Å². The van der Waals surface area contributed by atoms with Crippen LogP contribution in [-0.2, 0) is 0 Å². The van der Waals surface area contributed by atoms with Gasteiger partial charge in [0.1, 0.15) is 0 Å². The average Bonchev–Trinajstić information content (AvgIpc) is 2.34. The van der Waals surface area contributed by atoms with Crippen LogP contribution in [-0.4, -0.2) is 23.1 Å². The van der Waals surface area contributed by atoms with Crippen molar-refractivity contribution in [1.29, 1.82) is 0 Å². The minimum absolute atomic E-state index is 0.0542. The third-order valence-corrected chi connectivity index (χ3v) is 2.80. The Balaban J connectivity index is 2.54. The van der Waals surface area contributed by atoms with Crippen molar-refractivity contribution in [3.8, 4) is 0 Å². The fraction of sp³-hybridized carbons (Fsp3) is 0.286. The van der Waals surface area contributed by atoms with E-state index in [1.54, 1.807) is 0 Å². The molecule has 18 heavy (non-hydrogen) atoms. The van der Waals surface area contributed by atoms with E-state index in [1.807, 2.05) is 51.5 Å². The molecule has 2 aromatic rings. The molecule has 0 amide bonds. The van der Waals surface area contributed by atoms with Crippen LogP contribution in [0.2, 0.25) is 0 Å². The normalized spacial score (nSPS) is 13.7. The highest BCUT2D eigenvalue weighted by Crippen LogP contribution is 2.19. The highest BCUT2D eigenvalue weighted by molar-refractivity contribution is 5.80. The summed E-state index contributed by atoms with van der Waals surface area (Å²) in [6.45, 7) is 3.93. The van der Waals surface area contributed by atoms with Crippen molar-refractivity contribution in [2.24, 2.45) is 5.73 Å². The smallest absolute Gasteiger partial charge is 0.0895 e. The predicted molar refractivity (Wildman–Crippen MR) is 75.0 cm³/mol. The number of fused-ring (bicyclic) bond motifs is 1. The summed E-state index contributed by atoms with van der Waals surface area (Å²) in [7, 11) is 1.86. The van der Waals surface area contributed by atoms with Gasteiger partial charge in [0.15, 0.2) is 0 Å². The minimum atomic E-state index is -0.0542. The molecule has 0 bridgehead atoms. The van der Waals surface area contributed by atoms with Gasteiger partial charge in [-0.25, -0.2) is 0 Å². The van der Waals surface area contributed by atoms with Gasteiger partial charge in [-0.3, -0.25) is 9.97 Å². The number of nitrogens with zero attached hydrogens (tertiary/aromatic N) is 2. The second kappa shape index (κ2) is 5.14. The first-order valence-corrected chi connectivity index (χ1v) is 5.98. The number of nitrogens with two attached hydrogens (primary N) is 1. The molecule has 0 spiro atoms. The van der Waals surface area contributed by atoms with E-state index in [0.717, 1.165) is 27.9 Å². The highest BCUT2D eigenvalue weighted by Gasteiger charge is 2.08. The van der Waals surface area contributed by atoms with Crippen molar-refractivity contribution in [2.75, 3.05) is 7.05 Å². The van der Waals surface area contributed by atoms with Gasteiger partial charge in [-0.05, 0) is 37.6 Å². The number of aryl methyl sites for hydroxylation is 1. The molecular formula is C14H18N4. The first kappa shape index (κ1) is 12.5. The third-order valence-electron chi connectivity index (χ3n) is 2.80. The van der Waals surface area contributed by atoms with Crippen LogP contribution in [0.25, 0.3) is 16.6 Å². The van der Waals surface area contributed by atoms with Crippen molar-refractivity contribution < 1.29 is 0 Å². The summed E-state index contributed by atoms with van der Waals surface area (Å²) in [6.07, 6.45) is 3.75. The molecule has 0 fully saturated rings. The van der Waals surface area contributed by atoms with Crippen LogP contribution in [0.15, 0.2) is 30.6 Å². The summed E-state index contributed by atoms with van der Waals surface area (Å²) >= 11 is 0. The number of pyridine rings is 2. The summed E-state index contributed by atoms with van der Waals surface area (Å²) < 4.78 is 0. The third kappa shape index (κ3) is 2.49. The van der Waals surface area contributed by atoms with E-state index in [-0.39, 0.29) is 6.04 Å². The molecule has 4 nitrogen and oxygen atoms in total. The lowest BCUT2D eigenvalue weighted by Gasteiger charge is -2.12. The second-order valence-electron chi connectivity index (χ2n) is 4.39.